The van der Waals surface area contributed by atoms with Crippen LogP contribution >= 0.6 is 0 Å². The molecule has 1 aliphatic heterocycles. The van der Waals surface area contributed by atoms with Crippen LogP contribution in [0, 0.1) is 0 Å². The van der Waals surface area contributed by atoms with Gasteiger partial charge in [0.15, 0.2) is 0 Å². The van der Waals surface area contributed by atoms with Crippen molar-refractivity contribution >= 4 is 0 Å². The zero-order chi connectivity index (χ0) is 8.27. The molecule has 1 rings (SSSR count). The van der Waals surface area contributed by atoms with Gasteiger partial charge in [0.2, 0.25) is 0 Å². The molecule has 66 valence electrons. The molecular formula is C8H18N2O. The fourth-order valence-corrected chi connectivity index (χ4v) is 1.47. The van der Waals surface area contributed by atoms with E-state index in [-0.39, 0.29) is 0 Å². The Morgan fingerprint density at radius 3 is 2.73 bits per heavy atom. The summed E-state index contributed by atoms with van der Waals surface area (Å²) in [5, 5.41) is 0. The lowest BCUT2D eigenvalue weighted by Crippen LogP contribution is -2.51. The Balaban J connectivity index is 2.34. The lowest BCUT2D eigenvalue weighted by atomic mass is 10.2. The molecule has 0 unspecified atom stereocenters. The summed E-state index contributed by atoms with van der Waals surface area (Å²) in [6.07, 6.45) is 0. The molecule has 1 aliphatic rings. The van der Waals surface area contributed by atoms with Crippen molar-refractivity contribution in [3.63, 3.8) is 0 Å². The van der Waals surface area contributed by atoms with Crippen LogP contribution in [0.4, 0.5) is 0 Å². The molecule has 0 N–H and O–H groups in total. The SMILES string of the molecule is COC[C@H]1CN(C)CCN1C. The van der Waals surface area contributed by atoms with Crippen LogP contribution in [0.3, 0.4) is 0 Å². The highest BCUT2D eigenvalue weighted by Gasteiger charge is 2.21. The number of ether oxygens (including phenoxy) is 1. The second kappa shape index (κ2) is 4.04. The van der Waals surface area contributed by atoms with Crippen LogP contribution in [0.15, 0.2) is 0 Å². The van der Waals surface area contributed by atoms with Gasteiger partial charge in [0.1, 0.15) is 0 Å². The molecule has 1 atom stereocenters. The second-order valence-electron chi connectivity index (χ2n) is 3.35. The number of methoxy groups -OCH3 is 1. The van der Waals surface area contributed by atoms with Gasteiger partial charge in [-0.3, -0.25) is 4.90 Å². The lowest BCUT2D eigenvalue weighted by Gasteiger charge is -2.37. The topological polar surface area (TPSA) is 15.7 Å². The van der Waals surface area contributed by atoms with Crippen molar-refractivity contribution in [2.75, 3.05) is 47.4 Å². The summed E-state index contributed by atoms with van der Waals surface area (Å²) in [4.78, 5) is 4.72. The Morgan fingerprint density at radius 2 is 2.09 bits per heavy atom. The fraction of sp³-hybridized carbons (Fsp3) is 1.00. The van der Waals surface area contributed by atoms with Gasteiger partial charge in [-0.25, -0.2) is 0 Å². The number of rotatable bonds is 2. The van der Waals surface area contributed by atoms with Gasteiger partial charge < -0.3 is 9.64 Å². The number of hydrogen-bond acceptors (Lipinski definition) is 3. The van der Waals surface area contributed by atoms with Crippen LogP contribution in [0.25, 0.3) is 0 Å². The van der Waals surface area contributed by atoms with Crippen LogP contribution < -0.4 is 0 Å². The van der Waals surface area contributed by atoms with Gasteiger partial charge in [0.25, 0.3) is 0 Å². The Bertz CT molecular complexity index is 119. The van der Waals surface area contributed by atoms with E-state index in [2.05, 4.69) is 23.9 Å². The van der Waals surface area contributed by atoms with E-state index in [0.717, 1.165) is 19.7 Å². The molecule has 0 bridgehead atoms. The molecule has 1 saturated heterocycles. The van der Waals surface area contributed by atoms with Crippen LogP contribution in [0.1, 0.15) is 0 Å². The van der Waals surface area contributed by atoms with Crippen molar-refractivity contribution in [2.24, 2.45) is 0 Å². The van der Waals surface area contributed by atoms with Crippen molar-refractivity contribution in [3.8, 4) is 0 Å². The summed E-state index contributed by atoms with van der Waals surface area (Å²) in [6, 6.07) is 0.582. The minimum atomic E-state index is 0.582. The van der Waals surface area contributed by atoms with Crippen LogP contribution in [0.2, 0.25) is 0 Å². The average molecular weight is 158 g/mol. The number of likely N-dealkylation sites (N-methyl/N-ethyl adjacent to an activating group) is 2. The second-order valence-corrected chi connectivity index (χ2v) is 3.35. The highest BCUT2D eigenvalue weighted by molar-refractivity contribution is 4.77. The maximum absolute atomic E-state index is 5.13. The normalized spacial score (nSPS) is 29.2. The molecule has 0 saturated carbocycles. The first-order valence-corrected chi connectivity index (χ1v) is 4.11. The van der Waals surface area contributed by atoms with Crippen LogP contribution in [-0.4, -0.2) is 63.3 Å². The van der Waals surface area contributed by atoms with E-state index in [0.29, 0.717) is 6.04 Å². The van der Waals surface area contributed by atoms with Crippen molar-refractivity contribution < 1.29 is 4.74 Å². The van der Waals surface area contributed by atoms with Crippen LogP contribution in [-0.2, 0) is 4.74 Å². The molecule has 3 heteroatoms. The number of hydrogen-bond donors (Lipinski definition) is 0. The van der Waals surface area contributed by atoms with E-state index in [1.54, 1.807) is 7.11 Å². The molecule has 0 spiro atoms. The summed E-state index contributed by atoms with van der Waals surface area (Å²) < 4.78 is 5.13. The van der Waals surface area contributed by atoms with E-state index in [9.17, 15) is 0 Å². The number of piperazine rings is 1. The highest BCUT2D eigenvalue weighted by Crippen LogP contribution is 2.05. The van der Waals surface area contributed by atoms with E-state index in [1.807, 2.05) is 0 Å². The Labute approximate surface area is 68.9 Å². The molecular weight excluding hydrogens is 140 g/mol. The predicted molar refractivity (Wildman–Crippen MR) is 45.8 cm³/mol. The molecule has 0 aromatic carbocycles. The third kappa shape index (κ3) is 2.43. The summed E-state index contributed by atoms with van der Waals surface area (Å²) in [7, 11) is 6.09. The zero-order valence-electron chi connectivity index (χ0n) is 7.71. The summed E-state index contributed by atoms with van der Waals surface area (Å²) in [6.45, 7) is 4.31. The largest absolute Gasteiger partial charge is 0.383 e. The van der Waals surface area contributed by atoms with Gasteiger partial charge in [-0.15, -0.1) is 0 Å². The molecule has 11 heavy (non-hydrogen) atoms. The van der Waals surface area contributed by atoms with Crippen molar-refractivity contribution in [2.45, 2.75) is 6.04 Å². The summed E-state index contributed by atoms with van der Waals surface area (Å²) in [5.41, 5.74) is 0. The first kappa shape index (κ1) is 8.97. The van der Waals surface area contributed by atoms with Gasteiger partial charge in [0.05, 0.1) is 6.61 Å². The standard InChI is InChI=1S/C8H18N2O/c1-9-4-5-10(2)8(6-9)7-11-3/h8H,4-7H2,1-3H3/t8-/m1/s1. The highest BCUT2D eigenvalue weighted by atomic mass is 16.5. The summed E-state index contributed by atoms with van der Waals surface area (Å²) in [5.74, 6) is 0. The maximum Gasteiger partial charge on any atom is 0.0630 e. The van der Waals surface area contributed by atoms with Gasteiger partial charge >= 0.3 is 0 Å². The van der Waals surface area contributed by atoms with E-state index < -0.39 is 0 Å². The monoisotopic (exact) mass is 158 g/mol. The average Bonchev–Trinajstić information content (AvgIpc) is 1.98. The molecule has 0 aromatic heterocycles. The lowest BCUT2D eigenvalue weighted by molar-refractivity contribution is 0.0504. The predicted octanol–water partition coefficient (Wildman–Crippen LogP) is -0.121. The van der Waals surface area contributed by atoms with E-state index >= 15 is 0 Å². The van der Waals surface area contributed by atoms with Crippen molar-refractivity contribution in [1.82, 2.24) is 9.80 Å². The first-order chi connectivity index (χ1) is 5.24. The van der Waals surface area contributed by atoms with Gasteiger partial charge in [-0.05, 0) is 14.1 Å². The minimum absolute atomic E-state index is 0.582. The Hall–Kier alpha value is -0.120. The summed E-state index contributed by atoms with van der Waals surface area (Å²) >= 11 is 0. The van der Waals surface area contributed by atoms with Crippen LogP contribution in [0.5, 0.6) is 0 Å². The third-order valence-corrected chi connectivity index (χ3v) is 2.34. The van der Waals surface area contributed by atoms with Crippen molar-refractivity contribution in [3.05, 3.63) is 0 Å². The van der Waals surface area contributed by atoms with Gasteiger partial charge in [0, 0.05) is 32.8 Å². The maximum atomic E-state index is 5.13. The van der Waals surface area contributed by atoms with Gasteiger partial charge in [-0.2, -0.15) is 0 Å². The first-order valence-electron chi connectivity index (χ1n) is 4.11. The van der Waals surface area contributed by atoms with Gasteiger partial charge in [-0.1, -0.05) is 0 Å². The molecule has 3 nitrogen and oxygen atoms in total. The molecule has 0 amide bonds. The minimum Gasteiger partial charge on any atom is -0.383 e. The number of nitrogens with zero attached hydrogens (tertiary/aromatic N) is 2. The van der Waals surface area contributed by atoms with E-state index in [4.69, 9.17) is 4.74 Å². The molecule has 0 aliphatic carbocycles. The molecule has 1 heterocycles. The van der Waals surface area contributed by atoms with E-state index in [1.165, 1.54) is 6.54 Å². The molecule has 0 aromatic rings. The quantitative estimate of drug-likeness (QED) is 0.557. The fourth-order valence-electron chi connectivity index (χ4n) is 1.47. The zero-order valence-corrected chi connectivity index (χ0v) is 7.71. The smallest absolute Gasteiger partial charge is 0.0630 e. The molecule has 1 fully saturated rings. The Kier molecular flexibility index (Phi) is 3.30. The molecule has 0 radical (unpaired) electrons. The Morgan fingerprint density at radius 1 is 1.36 bits per heavy atom. The van der Waals surface area contributed by atoms with Crippen molar-refractivity contribution in [1.29, 1.82) is 0 Å². The third-order valence-electron chi connectivity index (χ3n) is 2.34.